The number of carbonyl (C=O) groups is 2. The van der Waals surface area contributed by atoms with Crippen LogP contribution in [0.15, 0.2) is 46.9 Å². The Morgan fingerprint density at radius 3 is 2.20 bits per heavy atom. The highest BCUT2D eigenvalue weighted by Gasteiger charge is 2.15. The summed E-state index contributed by atoms with van der Waals surface area (Å²) in [6, 6.07) is 12.0. The predicted octanol–water partition coefficient (Wildman–Crippen LogP) is 4.98. The van der Waals surface area contributed by atoms with Crippen molar-refractivity contribution < 1.29 is 19.1 Å². The molecule has 0 heterocycles. The van der Waals surface area contributed by atoms with Crippen molar-refractivity contribution in [2.45, 2.75) is 34.1 Å². The van der Waals surface area contributed by atoms with E-state index in [1.165, 1.54) is 0 Å². The maximum Gasteiger partial charge on any atom is 0.273 e. The molecule has 0 spiro atoms. The standard InChI is InChI=1S/C23H29BrN2O4/c1-15(2)11-12-29-21-10-7-18(24)13-20(21)23(28)26-25-22(27)17-5-8-19(9-6-17)30-14-16(3)4/h5-10,13,15-16H,11-12,14H2,1-4H3,(H,25,27)(H,26,28). The number of halogens is 1. The number of benzene rings is 2. The van der Waals surface area contributed by atoms with Crippen LogP contribution in [0.1, 0.15) is 54.8 Å². The van der Waals surface area contributed by atoms with Gasteiger partial charge in [-0.25, -0.2) is 0 Å². The van der Waals surface area contributed by atoms with Gasteiger partial charge in [0.05, 0.1) is 18.8 Å². The fourth-order valence-electron chi connectivity index (χ4n) is 2.43. The molecule has 0 aliphatic rings. The zero-order valence-electron chi connectivity index (χ0n) is 17.8. The Labute approximate surface area is 186 Å². The van der Waals surface area contributed by atoms with Crippen molar-refractivity contribution in [3.8, 4) is 11.5 Å². The monoisotopic (exact) mass is 476 g/mol. The molecule has 0 atom stereocenters. The lowest BCUT2D eigenvalue weighted by Gasteiger charge is -2.14. The SMILES string of the molecule is CC(C)CCOc1ccc(Br)cc1C(=O)NNC(=O)c1ccc(OCC(C)C)cc1. The van der Waals surface area contributed by atoms with Crippen LogP contribution in [0.3, 0.4) is 0 Å². The van der Waals surface area contributed by atoms with E-state index in [1.807, 2.05) is 6.07 Å². The van der Waals surface area contributed by atoms with Crippen molar-refractivity contribution >= 4 is 27.7 Å². The average Bonchev–Trinajstić information content (AvgIpc) is 2.71. The summed E-state index contributed by atoms with van der Waals surface area (Å²) in [7, 11) is 0. The summed E-state index contributed by atoms with van der Waals surface area (Å²) in [5.74, 6) is 1.20. The maximum absolute atomic E-state index is 12.6. The summed E-state index contributed by atoms with van der Waals surface area (Å²) in [4.78, 5) is 25.0. The van der Waals surface area contributed by atoms with Crippen LogP contribution in [0.5, 0.6) is 11.5 Å². The third-order valence-corrected chi connectivity index (χ3v) is 4.62. The molecule has 162 valence electrons. The zero-order valence-corrected chi connectivity index (χ0v) is 19.4. The van der Waals surface area contributed by atoms with Gasteiger partial charge < -0.3 is 9.47 Å². The zero-order chi connectivity index (χ0) is 22.1. The molecule has 0 saturated carbocycles. The number of hydrazine groups is 1. The molecule has 0 bridgehead atoms. The van der Waals surface area contributed by atoms with E-state index in [0.717, 1.165) is 10.9 Å². The number of nitrogens with one attached hydrogen (secondary N) is 2. The van der Waals surface area contributed by atoms with Crippen LogP contribution >= 0.6 is 15.9 Å². The Balaban J connectivity index is 1.96. The fourth-order valence-corrected chi connectivity index (χ4v) is 2.79. The molecular weight excluding hydrogens is 448 g/mol. The van der Waals surface area contributed by atoms with Crippen LogP contribution in [0.4, 0.5) is 0 Å². The van der Waals surface area contributed by atoms with E-state index in [9.17, 15) is 9.59 Å². The van der Waals surface area contributed by atoms with Crippen LogP contribution in [0, 0.1) is 11.8 Å². The van der Waals surface area contributed by atoms with Gasteiger partial charge in [0.15, 0.2) is 0 Å². The molecule has 2 aromatic rings. The van der Waals surface area contributed by atoms with Gasteiger partial charge in [0, 0.05) is 10.0 Å². The van der Waals surface area contributed by atoms with Crippen LogP contribution in [-0.2, 0) is 0 Å². The van der Waals surface area contributed by atoms with E-state index >= 15 is 0 Å². The highest BCUT2D eigenvalue weighted by atomic mass is 79.9. The largest absolute Gasteiger partial charge is 0.493 e. The third-order valence-electron chi connectivity index (χ3n) is 4.13. The van der Waals surface area contributed by atoms with Crippen molar-refractivity contribution in [1.29, 1.82) is 0 Å². The number of hydrogen-bond acceptors (Lipinski definition) is 4. The van der Waals surface area contributed by atoms with Crippen molar-refractivity contribution in [3.05, 3.63) is 58.1 Å². The fraction of sp³-hybridized carbons (Fsp3) is 0.391. The third kappa shape index (κ3) is 7.71. The Morgan fingerprint density at radius 2 is 1.57 bits per heavy atom. The first-order chi connectivity index (χ1) is 14.3. The van der Waals surface area contributed by atoms with Gasteiger partial charge in [-0.1, -0.05) is 43.6 Å². The van der Waals surface area contributed by atoms with Gasteiger partial charge in [-0.3, -0.25) is 20.4 Å². The number of hydrogen-bond donors (Lipinski definition) is 2. The van der Waals surface area contributed by atoms with E-state index in [1.54, 1.807) is 36.4 Å². The second-order valence-electron chi connectivity index (χ2n) is 7.81. The maximum atomic E-state index is 12.6. The molecular formula is C23H29BrN2O4. The van der Waals surface area contributed by atoms with Gasteiger partial charge in [-0.2, -0.15) is 0 Å². The lowest BCUT2D eigenvalue weighted by Crippen LogP contribution is -2.41. The minimum atomic E-state index is -0.457. The molecule has 7 heteroatoms. The van der Waals surface area contributed by atoms with E-state index in [2.05, 4.69) is 54.5 Å². The van der Waals surface area contributed by atoms with Gasteiger partial charge in [0.2, 0.25) is 0 Å². The van der Waals surface area contributed by atoms with Crippen LogP contribution in [0.25, 0.3) is 0 Å². The van der Waals surface area contributed by atoms with Crippen molar-refractivity contribution in [1.82, 2.24) is 10.9 Å². The normalized spacial score (nSPS) is 10.8. The molecule has 0 aliphatic carbocycles. The van der Waals surface area contributed by atoms with E-state index < -0.39 is 11.8 Å². The lowest BCUT2D eigenvalue weighted by atomic mass is 10.1. The summed E-state index contributed by atoms with van der Waals surface area (Å²) in [5, 5.41) is 0. The predicted molar refractivity (Wildman–Crippen MR) is 121 cm³/mol. The van der Waals surface area contributed by atoms with Gasteiger partial charge in [0.25, 0.3) is 11.8 Å². The second-order valence-corrected chi connectivity index (χ2v) is 8.72. The number of carbonyl (C=O) groups excluding carboxylic acids is 2. The Hall–Kier alpha value is -2.54. The molecule has 0 unspecified atom stereocenters. The molecule has 2 amide bonds. The Kier molecular flexibility index (Phi) is 9.17. The second kappa shape index (κ2) is 11.6. The van der Waals surface area contributed by atoms with Crippen LogP contribution < -0.4 is 20.3 Å². The summed E-state index contributed by atoms with van der Waals surface area (Å²) in [5.41, 5.74) is 5.64. The van der Waals surface area contributed by atoms with E-state index in [-0.39, 0.29) is 0 Å². The number of ether oxygens (including phenoxy) is 2. The molecule has 0 aromatic heterocycles. The first kappa shape index (κ1) is 23.7. The van der Waals surface area contributed by atoms with Gasteiger partial charge >= 0.3 is 0 Å². The number of rotatable bonds is 9. The molecule has 2 rings (SSSR count). The summed E-state index contributed by atoms with van der Waals surface area (Å²) >= 11 is 3.37. The first-order valence-corrected chi connectivity index (χ1v) is 10.8. The first-order valence-electron chi connectivity index (χ1n) is 10.0. The molecule has 0 radical (unpaired) electrons. The lowest BCUT2D eigenvalue weighted by molar-refractivity contribution is 0.0844. The van der Waals surface area contributed by atoms with Crippen molar-refractivity contribution in [3.63, 3.8) is 0 Å². The topological polar surface area (TPSA) is 76.7 Å². The average molecular weight is 477 g/mol. The Bertz CT molecular complexity index is 851. The molecule has 0 saturated heterocycles. The smallest absolute Gasteiger partial charge is 0.273 e. The van der Waals surface area contributed by atoms with Crippen molar-refractivity contribution in [2.24, 2.45) is 11.8 Å². The molecule has 6 nitrogen and oxygen atoms in total. The molecule has 0 fully saturated rings. The number of amides is 2. The summed E-state index contributed by atoms with van der Waals surface area (Å²) in [6.45, 7) is 9.47. The molecule has 2 aromatic carbocycles. The quantitative estimate of drug-likeness (QED) is 0.500. The van der Waals surface area contributed by atoms with E-state index in [4.69, 9.17) is 9.47 Å². The highest BCUT2D eigenvalue weighted by Crippen LogP contribution is 2.23. The molecule has 0 aliphatic heterocycles. The van der Waals surface area contributed by atoms with Crippen molar-refractivity contribution in [2.75, 3.05) is 13.2 Å². The summed E-state index contributed by atoms with van der Waals surface area (Å²) in [6.07, 6.45) is 0.880. The minimum Gasteiger partial charge on any atom is -0.493 e. The van der Waals surface area contributed by atoms with E-state index in [0.29, 0.717) is 47.7 Å². The van der Waals surface area contributed by atoms with Crippen LogP contribution in [0.2, 0.25) is 0 Å². The van der Waals surface area contributed by atoms with Crippen LogP contribution in [-0.4, -0.2) is 25.0 Å². The van der Waals surface area contributed by atoms with Gasteiger partial charge in [0.1, 0.15) is 11.5 Å². The molecule has 30 heavy (non-hydrogen) atoms. The Morgan fingerprint density at radius 1 is 0.900 bits per heavy atom. The van der Waals surface area contributed by atoms with Gasteiger partial charge in [-0.05, 0) is 60.7 Å². The molecule has 2 N–H and O–H groups in total. The van der Waals surface area contributed by atoms with Gasteiger partial charge in [-0.15, -0.1) is 0 Å². The summed E-state index contributed by atoms with van der Waals surface area (Å²) < 4.78 is 12.1. The highest BCUT2D eigenvalue weighted by molar-refractivity contribution is 9.10. The minimum absolute atomic E-state index is 0.339.